The molecular formula is C2H5FORf. The van der Waals surface area contributed by atoms with Gasteiger partial charge in [-0.05, 0) is 0 Å². The van der Waals surface area contributed by atoms with Gasteiger partial charge in [0.2, 0.25) is 0 Å². The molecule has 0 amide bonds. The summed E-state index contributed by atoms with van der Waals surface area (Å²) in [6.45, 7) is -0.972. The van der Waals surface area contributed by atoms with E-state index in [0.717, 1.165) is 0 Å². The molecule has 0 bridgehead atoms. The largest absolute Gasteiger partial charge is 0.394 e. The Hall–Kier alpha value is -1.11. The van der Waals surface area contributed by atoms with E-state index in [1.807, 2.05) is 0 Å². The van der Waals surface area contributed by atoms with E-state index in [0.29, 0.717) is 0 Å². The molecule has 0 saturated heterocycles. The van der Waals surface area contributed by atoms with Gasteiger partial charge in [0.1, 0.15) is 6.67 Å². The molecule has 28 valence electrons. The Balaban J connectivity index is 0. The molecule has 1 N–H and O–H groups in total. The van der Waals surface area contributed by atoms with Gasteiger partial charge in [0.05, 0.1) is 6.61 Å². The van der Waals surface area contributed by atoms with Gasteiger partial charge in [-0.25, -0.2) is 4.39 Å². The Morgan fingerprint density at radius 2 is 1.80 bits per heavy atom. The Morgan fingerprint density at radius 1 is 1.60 bits per heavy atom. The van der Waals surface area contributed by atoms with Crippen LogP contribution in [0, 0.1) is 0 Å². The van der Waals surface area contributed by atoms with Crippen molar-refractivity contribution < 1.29 is 9.50 Å². The van der Waals surface area contributed by atoms with Gasteiger partial charge in [0.25, 0.3) is 0 Å². The summed E-state index contributed by atoms with van der Waals surface area (Å²) in [6, 6.07) is 0. The molecule has 0 saturated carbocycles. The van der Waals surface area contributed by atoms with E-state index in [9.17, 15) is 4.39 Å². The van der Waals surface area contributed by atoms with Crippen molar-refractivity contribution in [2.45, 2.75) is 0 Å². The number of aliphatic hydroxyl groups is 1. The molecule has 0 aliphatic carbocycles. The zero-order chi connectivity index (χ0) is 3.41. The minimum atomic E-state index is -0.625. The minimum Gasteiger partial charge on any atom is -0.394 e. The Morgan fingerprint density at radius 3 is 1.80 bits per heavy atom. The SMILES string of the molecule is OCCF.[Rf]. The fraction of sp³-hybridized carbons (Fsp3) is 1.00. The van der Waals surface area contributed by atoms with E-state index in [-0.39, 0.29) is 6.61 Å². The second-order valence-electron chi connectivity index (χ2n) is 0.413. The molecule has 0 heterocycles. The molecule has 0 radical (unpaired) electrons. The molecule has 0 atom stereocenters. The van der Waals surface area contributed by atoms with Gasteiger partial charge in [-0.15, -0.1) is 0 Å². The van der Waals surface area contributed by atoms with Crippen molar-refractivity contribution in [2.75, 3.05) is 13.3 Å². The fourth-order valence-electron chi connectivity index (χ4n) is 0. The first kappa shape index (κ1) is 9.10. The second kappa shape index (κ2) is 13.0. The van der Waals surface area contributed by atoms with Crippen molar-refractivity contribution in [1.29, 1.82) is 0 Å². The van der Waals surface area contributed by atoms with Crippen LogP contribution in [0.2, 0.25) is 0 Å². The normalized spacial score (nSPS) is 6.00. The van der Waals surface area contributed by atoms with Crippen LogP contribution in [0.3, 0.4) is 0 Å². The predicted molar refractivity (Wildman–Crippen MR) is 13.1 cm³/mol. The molecule has 0 aliphatic rings. The zero-order valence-electron chi connectivity index (χ0n) is 2.95. The number of aliphatic hydroxyl groups excluding tert-OH is 1. The van der Waals surface area contributed by atoms with Gasteiger partial charge in [-0.2, -0.15) is 0 Å². The van der Waals surface area contributed by atoms with Crippen LogP contribution in [0.15, 0.2) is 0 Å². The maximum absolute atomic E-state index is 10.5. The topological polar surface area (TPSA) is 20.2 Å². The summed E-state index contributed by atoms with van der Waals surface area (Å²) in [6.07, 6.45) is 0. The van der Waals surface area contributed by atoms with E-state index < -0.39 is 6.67 Å². The van der Waals surface area contributed by atoms with Gasteiger partial charge in [-0.1, -0.05) is 0 Å². The van der Waals surface area contributed by atoms with E-state index in [1.165, 1.54) is 0 Å². The molecule has 5 heavy (non-hydrogen) atoms. The third kappa shape index (κ3) is 189. The predicted octanol–water partition coefficient (Wildman–Crippen LogP) is -0.0518. The standard InChI is InChI=1S/C2H5FO.Rf/c3-1-2-4;/h4H,1-2H2;. The van der Waals surface area contributed by atoms with Gasteiger partial charge in [0, 0.05) is 0 Å². The quantitative estimate of drug-likeness (QED) is 0.714. The van der Waals surface area contributed by atoms with Crippen molar-refractivity contribution in [3.63, 3.8) is 0 Å². The maximum Gasteiger partial charge on any atom is 0.112 e. The van der Waals surface area contributed by atoms with Crippen LogP contribution in [-0.4, -0.2) is 18.4 Å². The number of hydrogen-bond donors (Lipinski definition) is 1. The van der Waals surface area contributed by atoms with Gasteiger partial charge in [0.15, 0.2) is 0 Å². The smallest absolute Gasteiger partial charge is 0.112 e. The van der Waals surface area contributed by atoms with Crippen molar-refractivity contribution >= 4 is 0 Å². The Labute approximate surface area is 24.1 Å². The third-order valence-electron chi connectivity index (χ3n) is 0.0845. The Kier molecular flexibility index (Phi) is 23.7. The molecule has 0 fully saturated rings. The van der Waals surface area contributed by atoms with Crippen LogP contribution in [-0.2, 0) is 0 Å². The first-order valence-corrected chi connectivity index (χ1v) is 1.08. The molecule has 0 aromatic rings. The van der Waals surface area contributed by atoms with Crippen molar-refractivity contribution in [1.82, 2.24) is 0 Å². The molecule has 0 aromatic carbocycles. The summed E-state index contributed by atoms with van der Waals surface area (Å²) in [5.74, 6) is 0. The fourth-order valence-corrected chi connectivity index (χ4v) is 0. The van der Waals surface area contributed by atoms with Crippen LogP contribution in [0.1, 0.15) is 0 Å². The van der Waals surface area contributed by atoms with E-state index >= 15 is 0 Å². The minimum absolute atomic E-state index is 0. The summed E-state index contributed by atoms with van der Waals surface area (Å²) < 4.78 is 10.5. The number of rotatable bonds is 1. The number of alkyl halides is 1. The maximum atomic E-state index is 10.5. The third-order valence-corrected chi connectivity index (χ3v) is 0.0845. The summed E-state index contributed by atoms with van der Waals surface area (Å²) in [4.78, 5) is 0. The summed E-state index contributed by atoms with van der Waals surface area (Å²) in [7, 11) is 0. The van der Waals surface area contributed by atoms with E-state index in [4.69, 9.17) is 5.11 Å². The van der Waals surface area contributed by atoms with Crippen LogP contribution in [0.25, 0.3) is 0 Å². The van der Waals surface area contributed by atoms with E-state index in [1.54, 1.807) is 0 Å². The first-order valence-electron chi connectivity index (χ1n) is 1.08. The molecule has 0 rings (SSSR count). The molecule has 0 aromatic heterocycles. The average Bonchev–Trinajstić information content (AvgIpc) is 1.37. The Bertz CT molecular complexity index is 11.6. The second-order valence-corrected chi connectivity index (χ2v) is 0.413. The monoisotopic (exact) mass is 331 g/mol. The summed E-state index contributed by atoms with van der Waals surface area (Å²) >= 11 is 0. The average molecular weight is 331 g/mol. The van der Waals surface area contributed by atoms with Crippen LogP contribution < -0.4 is 0 Å². The zero-order valence-corrected chi connectivity index (χ0v) is 9.35. The summed E-state index contributed by atoms with van der Waals surface area (Å²) in [5, 5.41) is 7.50. The number of halogens is 1. The van der Waals surface area contributed by atoms with Crippen LogP contribution in [0.4, 0.5) is 4.39 Å². The number of hydrogen-bond acceptors (Lipinski definition) is 1. The molecule has 3 heteroatoms. The van der Waals surface area contributed by atoms with Crippen molar-refractivity contribution in [2.24, 2.45) is 0 Å². The van der Waals surface area contributed by atoms with Crippen LogP contribution >= 0.6 is 0 Å². The molecule has 1 nitrogen and oxygen atoms in total. The van der Waals surface area contributed by atoms with Gasteiger partial charge >= 0.3 is 0 Å². The van der Waals surface area contributed by atoms with Crippen molar-refractivity contribution in [3.8, 4) is 0 Å². The van der Waals surface area contributed by atoms with E-state index in [2.05, 4.69) is 0 Å². The molecular weight excluding hydrogens is 326 g/mol. The van der Waals surface area contributed by atoms with Gasteiger partial charge in [-0.3, -0.25) is 0 Å². The van der Waals surface area contributed by atoms with Gasteiger partial charge < -0.3 is 5.11 Å². The molecule has 0 spiro atoms. The summed E-state index contributed by atoms with van der Waals surface area (Å²) in [5.41, 5.74) is 0. The molecule has 0 aliphatic heterocycles. The first-order chi connectivity index (χ1) is 1.91. The van der Waals surface area contributed by atoms with Crippen molar-refractivity contribution in [3.05, 3.63) is 0 Å². The molecule has 0 unspecified atom stereocenters. The van der Waals surface area contributed by atoms with Crippen LogP contribution in [0.5, 0.6) is 0 Å².